The van der Waals surface area contributed by atoms with Gasteiger partial charge in [0.2, 0.25) is 5.91 Å². The second kappa shape index (κ2) is 9.37. The maximum absolute atomic E-state index is 11.8. The molecule has 0 aliphatic heterocycles. The first kappa shape index (κ1) is 19.2. The minimum absolute atomic E-state index is 0.0266. The molecule has 0 saturated heterocycles. The summed E-state index contributed by atoms with van der Waals surface area (Å²) in [6.45, 7) is 7.29. The van der Waals surface area contributed by atoms with E-state index in [0.29, 0.717) is 18.0 Å². The van der Waals surface area contributed by atoms with Crippen LogP contribution in [-0.4, -0.2) is 24.8 Å². The van der Waals surface area contributed by atoms with Crippen molar-refractivity contribution in [2.24, 2.45) is 0 Å². The Kier molecular flexibility index (Phi) is 7.19. The highest BCUT2D eigenvalue weighted by molar-refractivity contribution is 7.12. The second-order valence-electron chi connectivity index (χ2n) is 6.16. The van der Waals surface area contributed by atoms with Crippen LogP contribution in [0.25, 0.3) is 0 Å². The fourth-order valence-electron chi connectivity index (χ4n) is 2.51. The topological polar surface area (TPSA) is 55.4 Å². The normalized spacial score (nSPS) is 10.5. The van der Waals surface area contributed by atoms with Crippen LogP contribution >= 0.6 is 11.3 Å². The number of nitrogens with one attached hydrogen (secondary N) is 1. The predicted molar refractivity (Wildman–Crippen MR) is 102 cm³/mol. The third-order valence-electron chi connectivity index (χ3n) is 4.04. The number of benzene rings is 1. The first-order valence-electron chi connectivity index (χ1n) is 8.51. The molecule has 2 aromatic rings. The molecule has 2 rings (SSSR count). The molecule has 4 nitrogen and oxygen atoms in total. The summed E-state index contributed by atoms with van der Waals surface area (Å²) in [4.78, 5) is 24.3. The van der Waals surface area contributed by atoms with Crippen LogP contribution in [0, 0.1) is 20.8 Å². The molecule has 0 atom stereocenters. The average Bonchev–Trinajstić information content (AvgIpc) is 3.11. The number of Topliss-reactive ketones (excluding diaryl/α,β-unsaturated/α-hetero) is 1. The Morgan fingerprint density at radius 2 is 1.96 bits per heavy atom. The molecule has 0 bridgehead atoms. The molecule has 134 valence electrons. The van der Waals surface area contributed by atoms with E-state index in [1.807, 2.05) is 17.5 Å². The zero-order valence-electron chi connectivity index (χ0n) is 15.1. The van der Waals surface area contributed by atoms with E-state index in [4.69, 9.17) is 4.74 Å². The van der Waals surface area contributed by atoms with Gasteiger partial charge in [0, 0.05) is 19.4 Å². The summed E-state index contributed by atoms with van der Waals surface area (Å²) >= 11 is 1.41. The lowest BCUT2D eigenvalue weighted by molar-refractivity contribution is -0.121. The number of carbonyl (C=O) groups excluding carboxylic acids is 2. The highest BCUT2D eigenvalue weighted by Crippen LogP contribution is 2.23. The van der Waals surface area contributed by atoms with E-state index in [9.17, 15) is 9.59 Å². The lowest BCUT2D eigenvalue weighted by atomic mass is 10.1. The molecule has 25 heavy (non-hydrogen) atoms. The number of hydrogen-bond donors (Lipinski definition) is 1. The first-order chi connectivity index (χ1) is 12.0. The summed E-state index contributed by atoms with van der Waals surface area (Å²) in [7, 11) is 0. The lowest BCUT2D eigenvalue weighted by Gasteiger charge is -2.12. The molecule has 1 amide bonds. The molecule has 0 fully saturated rings. The fourth-order valence-corrected chi connectivity index (χ4v) is 3.20. The van der Waals surface area contributed by atoms with Crippen LogP contribution in [0.2, 0.25) is 0 Å². The van der Waals surface area contributed by atoms with Gasteiger partial charge in [-0.3, -0.25) is 9.59 Å². The highest BCUT2D eigenvalue weighted by Gasteiger charge is 2.10. The van der Waals surface area contributed by atoms with Gasteiger partial charge in [0.05, 0.1) is 11.5 Å². The summed E-state index contributed by atoms with van der Waals surface area (Å²) in [6, 6.07) is 7.81. The summed E-state index contributed by atoms with van der Waals surface area (Å²) < 4.78 is 5.82. The second-order valence-corrected chi connectivity index (χ2v) is 7.11. The van der Waals surface area contributed by atoms with Crippen molar-refractivity contribution >= 4 is 23.0 Å². The SMILES string of the molecule is Cc1cc(C)c(C)c(OCCCNC(=O)CCC(=O)c2cccs2)c1. The van der Waals surface area contributed by atoms with Crippen molar-refractivity contribution in [1.82, 2.24) is 5.32 Å². The van der Waals surface area contributed by atoms with Crippen molar-refractivity contribution in [3.05, 3.63) is 51.2 Å². The highest BCUT2D eigenvalue weighted by atomic mass is 32.1. The van der Waals surface area contributed by atoms with E-state index in [1.165, 1.54) is 22.5 Å². The molecule has 1 aromatic carbocycles. The zero-order chi connectivity index (χ0) is 18.2. The van der Waals surface area contributed by atoms with Gasteiger partial charge in [-0.05, 0) is 61.4 Å². The number of ether oxygens (including phenoxy) is 1. The Hall–Kier alpha value is -2.14. The van der Waals surface area contributed by atoms with Crippen molar-refractivity contribution in [3.63, 3.8) is 0 Å². The average molecular weight is 359 g/mol. The summed E-state index contributed by atoms with van der Waals surface area (Å²) in [5.41, 5.74) is 3.56. The van der Waals surface area contributed by atoms with Crippen molar-refractivity contribution in [3.8, 4) is 5.75 Å². The maximum Gasteiger partial charge on any atom is 0.220 e. The van der Waals surface area contributed by atoms with Gasteiger partial charge in [0.1, 0.15) is 5.75 Å². The molecule has 0 aliphatic carbocycles. The Balaban J connectivity index is 1.63. The molecule has 1 N–H and O–H groups in total. The third kappa shape index (κ3) is 6.02. The van der Waals surface area contributed by atoms with Gasteiger partial charge in [-0.1, -0.05) is 12.1 Å². The fraction of sp³-hybridized carbons (Fsp3) is 0.400. The minimum atomic E-state index is -0.0903. The third-order valence-corrected chi connectivity index (χ3v) is 4.95. The number of hydrogen-bond acceptors (Lipinski definition) is 4. The largest absolute Gasteiger partial charge is 0.493 e. The van der Waals surface area contributed by atoms with Crippen molar-refractivity contribution < 1.29 is 14.3 Å². The van der Waals surface area contributed by atoms with E-state index in [2.05, 4.69) is 32.2 Å². The molecule has 5 heteroatoms. The smallest absolute Gasteiger partial charge is 0.220 e. The van der Waals surface area contributed by atoms with E-state index in [0.717, 1.165) is 17.7 Å². The van der Waals surface area contributed by atoms with Crippen molar-refractivity contribution in [1.29, 1.82) is 0 Å². The molecule has 0 aliphatic rings. The van der Waals surface area contributed by atoms with E-state index < -0.39 is 0 Å². The minimum Gasteiger partial charge on any atom is -0.493 e. The van der Waals surface area contributed by atoms with Gasteiger partial charge in [-0.15, -0.1) is 11.3 Å². The van der Waals surface area contributed by atoms with Gasteiger partial charge < -0.3 is 10.1 Å². The van der Waals surface area contributed by atoms with Crippen molar-refractivity contribution in [2.75, 3.05) is 13.2 Å². The van der Waals surface area contributed by atoms with Gasteiger partial charge in [-0.2, -0.15) is 0 Å². The Bertz CT molecular complexity index is 723. The molecule has 1 heterocycles. The van der Waals surface area contributed by atoms with Gasteiger partial charge in [0.15, 0.2) is 5.78 Å². The molecular weight excluding hydrogens is 334 g/mol. The Morgan fingerprint density at radius 3 is 2.68 bits per heavy atom. The summed E-state index contributed by atoms with van der Waals surface area (Å²) in [5.74, 6) is 0.844. The number of ketones is 1. The summed E-state index contributed by atoms with van der Waals surface area (Å²) in [5, 5.41) is 4.71. The van der Waals surface area contributed by atoms with Gasteiger partial charge in [-0.25, -0.2) is 0 Å². The maximum atomic E-state index is 11.8. The van der Waals surface area contributed by atoms with Crippen LogP contribution in [0.5, 0.6) is 5.75 Å². The van der Waals surface area contributed by atoms with Crippen molar-refractivity contribution in [2.45, 2.75) is 40.0 Å². The molecular formula is C20H25NO3S. The summed E-state index contributed by atoms with van der Waals surface area (Å²) in [6.07, 6.45) is 1.22. The lowest BCUT2D eigenvalue weighted by Crippen LogP contribution is -2.25. The zero-order valence-corrected chi connectivity index (χ0v) is 15.9. The first-order valence-corrected chi connectivity index (χ1v) is 9.39. The van der Waals surface area contributed by atoms with Gasteiger partial charge >= 0.3 is 0 Å². The van der Waals surface area contributed by atoms with Crippen LogP contribution in [0.3, 0.4) is 0 Å². The molecule has 0 spiro atoms. The van der Waals surface area contributed by atoms with E-state index in [-0.39, 0.29) is 24.5 Å². The number of thiophene rings is 1. The number of carbonyl (C=O) groups is 2. The number of aryl methyl sites for hydroxylation is 2. The Morgan fingerprint density at radius 1 is 1.16 bits per heavy atom. The van der Waals surface area contributed by atoms with Crippen LogP contribution in [-0.2, 0) is 4.79 Å². The molecule has 1 aromatic heterocycles. The van der Waals surface area contributed by atoms with Crippen LogP contribution in [0.4, 0.5) is 0 Å². The quantitative estimate of drug-likeness (QED) is 0.539. The van der Waals surface area contributed by atoms with E-state index >= 15 is 0 Å². The predicted octanol–water partition coefficient (Wildman–Crippen LogP) is 4.22. The van der Waals surface area contributed by atoms with Gasteiger partial charge in [0.25, 0.3) is 0 Å². The molecule has 0 radical (unpaired) electrons. The number of amides is 1. The van der Waals surface area contributed by atoms with E-state index in [1.54, 1.807) is 6.07 Å². The monoisotopic (exact) mass is 359 g/mol. The van der Waals surface area contributed by atoms with Crippen LogP contribution in [0.1, 0.15) is 45.6 Å². The molecule has 0 unspecified atom stereocenters. The molecule has 0 saturated carbocycles. The Labute approximate surface area is 153 Å². The van der Waals surface area contributed by atoms with Crippen LogP contribution < -0.4 is 10.1 Å². The standard InChI is InChI=1S/C20H25NO3S/c1-14-12-15(2)16(3)18(13-14)24-10-5-9-21-20(23)8-7-17(22)19-6-4-11-25-19/h4,6,11-13H,5,7-10H2,1-3H3,(H,21,23). The van der Waals surface area contributed by atoms with Crippen LogP contribution in [0.15, 0.2) is 29.6 Å². The number of rotatable bonds is 9.